The standard InChI is InChI=1S/C8H12N2O/c1-6-4-8(5-9-11)7(2)10(6)3/h4-5,11H,1-3H3/b9-5-. The fourth-order valence-corrected chi connectivity index (χ4v) is 1.08. The van der Waals surface area contributed by atoms with Gasteiger partial charge in [0.05, 0.1) is 6.21 Å². The first-order valence-electron chi connectivity index (χ1n) is 3.47. The molecule has 60 valence electrons. The fraction of sp³-hybridized carbons (Fsp3) is 0.375. The summed E-state index contributed by atoms with van der Waals surface area (Å²) in [5.74, 6) is 0. The van der Waals surface area contributed by atoms with Crippen LogP contribution in [0.1, 0.15) is 17.0 Å². The van der Waals surface area contributed by atoms with Crippen LogP contribution in [0.25, 0.3) is 0 Å². The SMILES string of the molecule is Cc1cc(/C=N\O)c(C)n1C. The van der Waals surface area contributed by atoms with Gasteiger partial charge in [-0.2, -0.15) is 0 Å². The van der Waals surface area contributed by atoms with Crippen molar-refractivity contribution in [2.24, 2.45) is 12.2 Å². The first-order valence-corrected chi connectivity index (χ1v) is 3.47. The molecule has 0 saturated carbocycles. The van der Waals surface area contributed by atoms with Crippen LogP contribution in [0, 0.1) is 13.8 Å². The zero-order valence-corrected chi connectivity index (χ0v) is 7.00. The first-order chi connectivity index (χ1) is 5.16. The average Bonchev–Trinajstić information content (AvgIpc) is 2.19. The van der Waals surface area contributed by atoms with Gasteiger partial charge in [-0.3, -0.25) is 0 Å². The lowest BCUT2D eigenvalue weighted by Gasteiger charge is -1.97. The highest BCUT2D eigenvalue weighted by Crippen LogP contribution is 2.10. The van der Waals surface area contributed by atoms with E-state index in [1.54, 1.807) is 0 Å². The minimum absolute atomic E-state index is 0.965. The van der Waals surface area contributed by atoms with Gasteiger partial charge in [0.1, 0.15) is 0 Å². The topological polar surface area (TPSA) is 37.5 Å². The summed E-state index contributed by atoms with van der Waals surface area (Å²) in [5.41, 5.74) is 3.24. The number of rotatable bonds is 1. The van der Waals surface area contributed by atoms with Gasteiger partial charge >= 0.3 is 0 Å². The second-order valence-corrected chi connectivity index (χ2v) is 2.63. The highest BCUT2D eigenvalue weighted by Gasteiger charge is 2.02. The van der Waals surface area contributed by atoms with Crippen molar-refractivity contribution in [1.29, 1.82) is 0 Å². The lowest BCUT2D eigenvalue weighted by molar-refractivity contribution is 0.322. The van der Waals surface area contributed by atoms with Gasteiger partial charge in [0.15, 0.2) is 0 Å². The Hall–Kier alpha value is -1.25. The molecule has 3 heteroatoms. The average molecular weight is 152 g/mol. The lowest BCUT2D eigenvalue weighted by Crippen LogP contribution is -1.93. The smallest absolute Gasteiger partial charge is 0.0751 e. The van der Waals surface area contributed by atoms with Crippen LogP contribution >= 0.6 is 0 Å². The van der Waals surface area contributed by atoms with E-state index in [1.807, 2.05) is 27.0 Å². The van der Waals surface area contributed by atoms with Crippen LogP contribution < -0.4 is 0 Å². The molecule has 1 rings (SSSR count). The number of nitrogens with zero attached hydrogens (tertiary/aromatic N) is 2. The van der Waals surface area contributed by atoms with Crippen LogP contribution in [-0.2, 0) is 7.05 Å². The van der Waals surface area contributed by atoms with Crippen molar-refractivity contribution in [3.63, 3.8) is 0 Å². The Bertz CT molecular complexity index is 287. The fourth-order valence-electron chi connectivity index (χ4n) is 1.08. The van der Waals surface area contributed by atoms with Crippen molar-refractivity contribution in [1.82, 2.24) is 4.57 Å². The Morgan fingerprint density at radius 2 is 2.18 bits per heavy atom. The van der Waals surface area contributed by atoms with E-state index in [1.165, 1.54) is 6.21 Å². The van der Waals surface area contributed by atoms with Crippen molar-refractivity contribution < 1.29 is 5.21 Å². The Morgan fingerprint density at radius 1 is 1.55 bits per heavy atom. The molecule has 1 aromatic rings. The zero-order chi connectivity index (χ0) is 8.43. The van der Waals surface area contributed by atoms with Crippen LogP contribution in [0.5, 0.6) is 0 Å². The van der Waals surface area contributed by atoms with E-state index >= 15 is 0 Å². The quantitative estimate of drug-likeness (QED) is 0.369. The molecule has 1 aromatic heterocycles. The van der Waals surface area contributed by atoms with E-state index in [4.69, 9.17) is 5.21 Å². The molecule has 0 saturated heterocycles. The Balaban J connectivity index is 3.18. The summed E-state index contributed by atoms with van der Waals surface area (Å²) in [6, 6.07) is 1.98. The summed E-state index contributed by atoms with van der Waals surface area (Å²) in [6.45, 7) is 4.01. The maximum atomic E-state index is 8.30. The normalized spacial score (nSPS) is 11.2. The Kier molecular flexibility index (Phi) is 1.98. The van der Waals surface area contributed by atoms with Crippen LogP contribution in [-0.4, -0.2) is 16.0 Å². The number of aromatic nitrogens is 1. The van der Waals surface area contributed by atoms with Gasteiger partial charge in [0, 0.05) is 24.0 Å². The third-order valence-electron chi connectivity index (χ3n) is 2.01. The van der Waals surface area contributed by atoms with Crippen LogP contribution in [0.3, 0.4) is 0 Å². The molecule has 0 unspecified atom stereocenters. The van der Waals surface area contributed by atoms with Gasteiger partial charge < -0.3 is 9.77 Å². The Labute approximate surface area is 66.0 Å². The number of oxime groups is 1. The van der Waals surface area contributed by atoms with Crippen molar-refractivity contribution in [2.75, 3.05) is 0 Å². The number of hydrogen-bond acceptors (Lipinski definition) is 2. The molecule has 0 radical (unpaired) electrons. The van der Waals surface area contributed by atoms with Gasteiger partial charge in [-0.25, -0.2) is 0 Å². The highest BCUT2D eigenvalue weighted by molar-refractivity contribution is 5.81. The maximum absolute atomic E-state index is 8.30. The van der Waals surface area contributed by atoms with Gasteiger partial charge in [0.25, 0.3) is 0 Å². The molecule has 1 N–H and O–H groups in total. The monoisotopic (exact) mass is 152 g/mol. The molecular formula is C8H12N2O. The Morgan fingerprint density at radius 3 is 2.55 bits per heavy atom. The van der Waals surface area contributed by atoms with Gasteiger partial charge in [-0.1, -0.05) is 5.16 Å². The second-order valence-electron chi connectivity index (χ2n) is 2.63. The lowest BCUT2D eigenvalue weighted by atomic mass is 10.3. The first kappa shape index (κ1) is 7.85. The molecular weight excluding hydrogens is 140 g/mol. The molecule has 0 amide bonds. The molecule has 0 atom stereocenters. The summed E-state index contributed by atoms with van der Waals surface area (Å²) in [7, 11) is 1.99. The van der Waals surface area contributed by atoms with Gasteiger partial charge in [-0.15, -0.1) is 0 Å². The third kappa shape index (κ3) is 1.27. The minimum Gasteiger partial charge on any atom is -0.411 e. The highest BCUT2D eigenvalue weighted by atomic mass is 16.4. The van der Waals surface area contributed by atoms with Crippen molar-refractivity contribution in [3.8, 4) is 0 Å². The molecule has 0 spiro atoms. The van der Waals surface area contributed by atoms with Crippen molar-refractivity contribution in [3.05, 3.63) is 23.0 Å². The van der Waals surface area contributed by atoms with Gasteiger partial charge in [0.2, 0.25) is 0 Å². The summed E-state index contributed by atoms with van der Waals surface area (Å²) in [4.78, 5) is 0. The van der Waals surface area contributed by atoms with E-state index in [0.717, 1.165) is 17.0 Å². The van der Waals surface area contributed by atoms with E-state index in [2.05, 4.69) is 9.72 Å². The zero-order valence-electron chi connectivity index (χ0n) is 7.00. The minimum atomic E-state index is 0.965. The van der Waals surface area contributed by atoms with Crippen LogP contribution in [0.4, 0.5) is 0 Å². The molecule has 1 heterocycles. The summed E-state index contributed by atoms with van der Waals surface area (Å²) in [5, 5.41) is 11.3. The molecule has 0 aliphatic rings. The second kappa shape index (κ2) is 2.78. The van der Waals surface area contributed by atoms with Crippen molar-refractivity contribution >= 4 is 6.21 Å². The maximum Gasteiger partial charge on any atom is 0.0751 e. The van der Waals surface area contributed by atoms with E-state index in [-0.39, 0.29) is 0 Å². The summed E-state index contributed by atoms with van der Waals surface area (Å²) >= 11 is 0. The molecule has 11 heavy (non-hydrogen) atoms. The molecule has 0 bridgehead atoms. The van der Waals surface area contributed by atoms with Crippen LogP contribution in [0.2, 0.25) is 0 Å². The van der Waals surface area contributed by atoms with E-state index in [9.17, 15) is 0 Å². The number of aryl methyl sites for hydroxylation is 1. The summed E-state index contributed by atoms with van der Waals surface area (Å²) < 4.78 is 2.05. The molecule has 0 aliphatic carbocycles. The van der Waals surface area contributed by atoms with Crippen LogP contribution in [0.15, 0.2) is 11.2 Å². The molecule has 0 fully saturated rings. The molecule has 3 nitrogen and oxygen atoms in total. The third-order valence-corrected chi connectivity index (χ3v) is 2.01. The molecule has 0 aliphatic heterocycles. The predicted molar refractivity (Wildman–Crippen MR) is 44.3 cm³/mol. The molecule has 0 aromatic carbocycles. The van der Waals surface area contributed by atoms with E-state index < -0.39 is 0 Å². The van der Waals surface area contributed by atoms with E-state index in [0.29, 0.717) is 0 Å². The summed E-state index contributed by atoms with van der Waals surface area (Å²) in [6.07, 6.45) is 1.45. The number of hydrogen-bond donors (Lipinski definition) is 1. The predicted octanol–water partition coefficient (Wildman–Crippen LogP) is 1.45. The largest absolute Gasteiger partial charge is 0.411 e. The van der Waals surface area contributed by atoms with Crippen molar-refractivity contribution in [2.45, 2.75) is 13.8 Å². The van der Waals surface area contributed by atoms with Gasteiger partial charge in [-0.05, 0) is 19.9 Å².